The normalized spacial score (nSPS) is 12.5. The SMILES string of the molecule is OCc1cc2ccsc2n1CC(F)(F)F. The molecule has 0 aliphatic rings. The van der Waals surface area contributed by atoms with Gasteiger partial charge in [-0.1, -0.05) is 0 Å². The van der Waals surface area contributed by atoms with Crippen molar-refractivity contribution < 1.29 is 18.3 Å². The van der Waals surface area contributed by atoms with Crippen LogP contribution in [-0.4, -0.2) is 15.8 Å². The highest BCUT2D eigenvalue weighted by atomic mass is 32.1. The van der Waals surface area contributed by atoms with Gasteiger partial charge in [-0.3, -0.25) is 0 Å². The van der Waals surface area contributed by atoms with Gasteiger partial charge >= 0.3 is 6.18 Å². The van der Waals surface area contributed by atoms with Gasteiger partial charge in [0.2, 0.25) is 0 Å². The molecule has 0 atom stereocenters. The lowest BCUT2D eigenvalue weighted by molar-refractivity contribution is -0.140. The van der Waals surface area contributed by atoms with Gasteiger partial charge < -0.3 is 9.67 Å². The zero-order valence-corrected chi connectivity index (χ0v) is 8.40. The summed E-state index contributed by atoms with van der Waals surface area (Å²) in [6.07, 6.45) is -4.26. The van der Waals surface area contributed by atoms with Crippen LogP contribution in [0.4, 0.5) is 13.2 Å². The molecule has 0 radical (unpaired) electrons. The molecule has 0 aliphatic carbocycles. The molecule has 2 aromatic heterocycles. The Morgan fingerprint density at radius 1 is 1.40 bits per heavy atom. The van der Waals surface area contributed by atoms with Crippen LogP contribution >= 0.6 is 11.3 Å². The summed E-state index contributed by atoms with van der Waals surface area (Å²) in [4.78, 5) is 0.552. The first-order valence-corrected chi connectivity index (χ1v) is 5.12. The van der Waals surface area contributed by atoms with Gasteiger partial charge in [0.05, 0.1) is 6.61 Å². The molecule has 15 heavy (non-hydrogen) atoms. The fourth-order valence-electron chi connectivity index (χ4n) is 1.51. The zero-order chi connectivity index (χ0) is 11.1. The fraction of sp³-hybridized carbons (Fsp3) is 0.333. The van der Waals surface area contributed by atoms with E-state index in [-0.39, 0.29) is 6.61 Å². The zero-order valence-electron chi connectivity index (χ0n) is 7.58. The lowest BCUT2D eigenvalue weighted by Gasteiger charge is -2.10. The molecule has 0 saturated heterocycles. The Morgan fingerprint density at radius 2 is 2.13 bits per heavy atom. The first-order valence-electron chi connectivity index (χ1n) is 4.24. The summed E-state index contributed by atoms with van der Waals surface area (Å²) >= 11 is 1.24. The minimum atomic E-state index is -4.26. The maximum absolute atomic E-state index is 12.3. The molecule has 2 nitrogen and oxygen atoms in total. The highest BCUT2D eigenvalue weighted by molar-refractivity contribution is 7.16. The standard InChI is InChI=1S/C9H8F3NOS/c10-9(11,12)5-13-7(4-14)3-6-1-2-15-8(6)13/h1-3,14H,4-5H2. The quantitative estimate of drug-likeness (QED) is 0.850. The van der Waals surface area contributed by atoms with Crippen LogP contribution < -0.4 is 0 Å². The fourth-order valence-corrected chi connectivity index (χ4v) is 2.43. The summed E-state index contributed by atoms with van der Waals surface area (Å²) in [5, 5.41) is 11.4. The van der Waals surface area contributed by atoms with E-state index in [0.717, 1.165) is 9.95 Å². The number of hydrogen-bond acceptors (Lipinski definition) is 2. The average Bonchev–Trinajstić information content (AvgIpc) is 2.65. The summed E-state index contributed by atoms with van der Waals surface area (Å²) in [5.41, 5.74) is 0.300. The number of alkyl halides is 3. The van der Waals surface area contributed by atoms with Crippen LogP contribution in [0.25, 0.3) is 10.2 Å². The second-order valence-electron chi connectivity index (χ2n) is 3.18. The molecule has 0 spiro atoms. The predicted octanol–water partition coefficient (Wildman–Crippen LogP) is 2.76. The van der Waals surface area contributed by atoms with Crippen LogP contribution in [0.3, 0.4) is 0 Å². The van der Waals surface area contributed by atoms with Crippen LogP contribution in [0.5, 0.6) is 0 Å². The van der Waals surface area contributed by atoms with Gasteiger partial charge in [-0.05, 0) is 17.5 Å². The van der Waals surface area contributed by atoms with Crippen LogP contribution in [-0.2, 0) is 13.2 Å². The molecule has 0 aliphatic heterocycles. The van der Waals surface area contributed by atoms with Crippen molar-refractivity contribution >= 4 is 21.6 Å². The van der Waals surface area contributed by atoms with E-state index in [9.17, 15) is 13.2 Å². The van der Waals surface area contributed by atoms with E-state index in [4.69, 9.17) is 5.11 Å². The Bertz CT molecular complexity index is 471. The van der Waals surface area contributed by atoms with E-state index in [0.29, 0.717) is 10.5 Å². The average molecular weight is 235 g/mol. The number of aliphatic hydroxyl groups excluding tert-OH is 1. The highest BCUT2D eigenvalue weighted by Gasteiger charge is 2.29. The molecule has 0 unspecified atom stereocenters. The van der Waals surface area contributed by atoms with E-state index >= 15 is 0 Å². The van der Waals surface area contributed by atoms with Gasteiger partial charge in [-0.15, -0.1) is 11.3 Å². The summed E-state index contributed by atoms with van der Waals surface area (Å²) in [7, 11) is 0. The van der Waals surface area contributed by atoms with Crippen molar-refractivity contribution in [2.75, 3.05) is 0 Å². The first kappa shape index (κ1) is 10.5. The third kappa shape index (κ3) is 2.00. The van der Waals surface area contributed by atoms with E-state index in [1.165, 1.54) is 11.3 Å². The largest absolute Gasteiger partial charge is 0.406 e. The Hall–Kier alpha value is -1.01. The van der Waals surface area contributed by atoms with Crippen LogP contribution in [0.15, 0.2) is 17.5 Å². The monoisotopic (exact) mass is 235 g/mol. The van der Waals surface area contributed by atoms with Gasteiger partial charge in [-0.2, -0.15) is 13.2 Å². The van der Waals surface area contributed by atoms with E-state index in [1.807, 2.05) is 0 Å². The Labute approximate surface area is 87.6 Å². The maximum atomic E-state index is 12.3. The molecule has 0 saturated carbocycles. The third-order valence-corrected chi connectivity index (χ3v) is 3.04. The summed E-state index contributed by atoms with van der Waals surface area (Å²) in [5.74, 6) is 0. The topological polar surface area (TPSA) is 25.2 Å². The summed E-state index contributed by atoms with van der Waals surface area (Å²) in [6.45, 7) is -1.43. The number of halogens is 3. The van der Waals surface area contributed by atoms with Crippen molar-refractivity contribution in [1.29, 1.82) is 0 Å². The number of rotatable bonds is 2. The van der Waals surface area contributed by atoms with Crippen LogP contribution in [0, 0.1) is 0 Å². The van der Waals surface area contributed by atoms with Gasteiger partial charge in [0.1, 0.15) is 11.4 Å². The number of nitrogens with zero attached hydrogens (tertiary/aromatic N) is 1. The van der Waals surface area contributed by atoms with E-state index in [1.54, 1.807) is 17.5 Å². The molecule has 2 aromatic rings. The van der Waals surface area contributed by atoms with Gasteiger partial charge in [0.15, 0.2) is 0 Å². The molecule has 0 fully saturated rings. The molecular weight excluding hydrogens is 227 g/mol. The Morgan fingerprint density at radius 3 is 2.73 bits per heavy atom. The van der Waals surface area contributed by atoms with Crippen molar-refractivity contribution in [3.63, 3.8) is 0 Å². The minimum absolute atomic E-state index is 0.300. The molecule has 2 rings (SSSR count). The molecule has 6 heteroatoms. The molecule has 1 N–H and O–H groups in total. The number of thiophene rings is 1. The predicted molar refractivity (Wildman–Crippen MR) is 51.8 cm³/mol. The molecule has 0 aromatic carbocycles. The Balaban J connectivity index is 2.50. The van der Waals surface area contributed by atoms with Crippen molar-refractivity contribution in [2.45, 2.75) is 19.3 Å². The number of aromatic nitrogens is 1. The van der Waals surface area contributed by atoms with Crippen LogP contribution in [0.1, 0.15) is 5.69 Å². The second-order valence-corrected chi connectivity index (χ2v) is 4.07. The second kappa shape index (κ2) is 3.53. The van der Waals surface area contributed by atoms with Gasteiger partial charge in [0, 0.05) is 11.1 Å². The highest BCUT2D eigenvalue weighted by Crippen LogP contribution is 2.28. The summed E-state index contributed by atoms with van der Waals surface area (Å²) < 4.78 is 37.9. The molecule has 82 valence electrons. The molecule has 0 amide bonds. The van der Waals surface area contributed by atoms with Crippen molar-refractivity contribution in [3.8, 4) is 0 Å². The van der Waals surface area contributed by atoms with Gasteiger partial charge in [0.25, 0.3) is 0 Å². The maximum Gasteiger partial charge on any atom is 0.406 e. The van der Waals surface area contributed by atoms with Crippen LogP contribution in [0.2, 0.25) is 0 Å². The molecule has 0 bridgehead atoms. The minimum Gasteiger partial charge on any atom is -0.390 e. The smallest absolute Gasteiger partial charge is 0.390 e. The van der Waals surface area contributed by atoms with E-state index < -0.39 is 12.7 Å². The summed E-state index contributed by atoms with van der Waals surface area (Å²) in [6, 6.07) is 3.32. The van der Waals surface area contributed by atoms with Crippen molar-refractivity contribution in [3.05, 3.63) is 23.2 Å². The number of hydrogen-bond donors (Lipinski definition) is 1. The number of fused-ring (bicyclic) bond motifs is 1. The lowest BCUT2D eigenvalue weighted by atomic mass is 10.4. The van der Waals surface area contributed by atoms with Gasteiger partial charge in [-0.25, -0.2) is 0 Å². The Kier molecular flexibility index (Phi) is 2.47. The lowest BCUT2D eigenvalue weighted by Crippen LogP contribution is -2.18. The third-order valence-electron chi connectivity index (χ3n) is 2.09. The molecular formula is C9H8F3NOS. The molecule has 2 heterocycles. The number of aliphatic hydroxyl groups is 1. The van der Waals surface area contributed by atoms with Crippen molar-refractivity contribution in [1.82, 2.24) is 4.57 Å². The first-order chi connectivity index (χ1) is 7.01. The van der Waals surface area contributed by atoms with E-state index in [2.05, 4.69) is 0 Å². The van der Waals surface area contributed by atoms with Crippen molar-refractivity contribution in [2.24, 2.45) is 0 Å².